The topological polar surface area (TPSA) is 52.2 Å². The number of hydrogen-bond donors (Lipinski definition) is 1. The Morgan fingerprint density at radius 2 is 2.25 bits per heavy atom. The summed E-state index contributed by atoms with van der Waals surface area (Å²) in [7, 11) is 2.12. The molecule has 0 spiro atoms. The van der Waals surface area contributed by atoms with E-state index >= 15 is 0 Å². The fourth-order valence-corrected chi connectivity index (χ4v) is 2.19. The second kappa shape index (κ2) is 4.25. The SMILES string of the molecule is Cc1nc(N2CCN(C)CC2C)cc(=O)[nH]1. The zero-order valence-corrected chi connectivity index (χ0v) is 10.0. The van der Waals surface area contributed by atoms with Crippen LogP contribution in [0.5, 0.6) is 0 Å². The van der Waals surface area contributed by atoms with Crippen molar-refractivity contribution < 1.29 is 0 Å². The van der Waals surface area contributed by atoms with Gasteiger partial charge in [0.05, 0.1) is 0 Å². The highest BCUT2D eigenvalue weighted by Crippen LogP contribution is 2.15. The minimum Gasteiger partial charge on any atom is -0.351 e. The van der Waals surface area contributed by atoms with Gasteiger partial charge in [-0.3, -0.25) is 4.79 Å². The highest BCUT2D eigenvalue weighted by molar-refractivity contribution is 5.39. The lowest BCUT2D eigenvalue weighted by atomic mass is 10.2. The third kappa shape index (κ3) is 2.24. The Balaban J connectivity index is 2.26. The Bertz CT molecular complexity index is 428. The van der Waals surface area contributed by atoms with E-state index in [1.54, 1.807) is 6.07 Å². The van der Waals surface area contributed by atoms with E-state index in [2.05, 4.69) is 33.7 Å². The quantitative estimate of drug-likeness (QED) is 0.738. The second-order valence-electron chi connectivity index (χ2n) is 4.49. The summed E-state index contributed by atoms with van der Waals surface area (Å²) in [6.45, 7) is 6.92. The average molecular weight is 222 g/mol. The number of rotatable bonds is 1. The van der Waals surface area contributed by atoms with Crippen LogP contribution in [-0.2, 0) is 0 Å². The van der Waals surface area contributed by atoms with Crippen LogP contribution >= 0.6 is 0 Å². The van der Waals surface area contributed by atoms with Gasteiger partial charge >= 0.3 is 0 Å². The van der Waals surface area contributed by atoms with Crippen LogP contribution in [0.25, 0.3) is 0 Å². The van der Waals surface area contributed by atoms with Crippen molar-refractivity contribution in [2.45, 2.75) is 19.9 Å². The van der Waals surface area contributed by atoms with Crippen LogP contribution in [0.1, 0.15) is 12.7 Å². The van der Waals surface area contributed by atoms with Gasteiger partial charge in [-0.1, -0.05) is 0 Å². The normalized spacial score (nSPS) is 22.4. The van der Waals surface area contributed by atoms with Crippen molar-refractivity contribution in [1.29, 1.82) is 0 Å². The van der Waals surface area contributed by atoms with Crippen LogP contribution in [0.2, 0.25) is 0 Å². The number of anilines is 1. The molecule has 88 valence electrons. The number of hydrogen-bond acceptors (Lipinski definition) is 4. The summed E-state index contributed by atoms with van der Waals surface area (Å²) in [5.74, 6) is 1.47. The summed E-state index contributed by atoms with van der Waals surface area (Å²) in [6, 6.07) is 1.97. The number of nitrogens with zero attached hydrogens (tertiary/aromatic N) is 3. The van der Waals surface area contributed by atoms with Crippen molar-refractivity contribution in [3.8, 4) is 0 Å². The van der Waals surface area contributed by atoms with Crippen molar-refractivity contribution in [2.24, 2.45) is 0 Å². The number of aromatic amines is 1. The maximum Gasteiger partial charge on any atom is 0.252 e. The fourth-order valence-electron chi connectivity index (χ4n) is 2.19. The first-order valence-corrected chi connectivity index (χ1v) is 5.59. The smallest absolute Gasteiger partial charge is 0.252 e. The molecule has 0 amide bonds. The van der Waals surface area contributed by atoms with Gasteiger partial charge < -0.3 is 14.8 Å². The first-order valence-electron chi connectivity index (χ1n) is 5.59. The zero-order valence-electron chi connectivity index (χ0n) is 10.0. The summed E-state index contributed by atoms with van der Waals surface area (Å²) < 4.78 is 0. The molecule has 1 saturated heterocycles. The minimum absolute atomic E-state index is 0.0753. The van der Waals surface area contributed by atoms with Gasteiger partial charge in [-0.25, -0.2) is 4.98 Å². The Morgan fingerprint density at radius 1 is 1.50 bits per heavy atom. The molecule has 1 aliphatic rings. The van der Waals surface area contributed by atoms with Crippen LogP contribution in [0.4, 0.5) is 5.82 Å². The minimum atomic E-state index is -0.0753. The van der Waals surface area contributed by atoms with Gasteiger partial charge in [0, 0.05) is 31.7 Å². The second-order valence-corrected chi connectivity index (χ2v) is 4.49. The lowest BCUT2D eigenvalue weighted by molar-refractivity contribution is 0.274. The number of likely N-dealkylation sites (N-methyl/N-ethyl adjacent to an activating group) is 1. The van der Waals surface area contributed by atoms with Gasteiger partial charge in [-0.05, 0) is 20.9 Å². The van der Waals surface area contributed by atoms with Gasteiger partial charge in [0.2, 0.25) is 0 Å². The molecule has 1 aromatic rings. The number of nitrogens with one attached hydrogen (secondary N) is 1. The maximum atomic E-state index is 11.4. The molecule has 0 aromatic carbocycles. The molecule has 0 saturated carbocycles. The molecule has 1 aliphatic heterocycles. The van der Waals surface area contributed by atoms with E-state index in [0.29, 0.717) is 11.9 Å². The first-order chi connectivity index (χ1) is 7.56. The summed E-state index contributed by atoms with van der Waals surface area (Å²) in [5.41, 5.74) is -0.0753. The van der Waals surface area contributed by atoms with Crippen molar-refractivity contribution in [3.63, 3.8) is 0 Å². The Morgan fingerprint density at radius 3 is 2.88 bits per heavy atom. The lowest BCUT2D eigenvalue weighted by Gasteiger charge is -2.38. The van der Waals surface area contributed by atoms with E-state index in [4.69, 9.17) is 0 Å². The van der Waals surface area contributed by atoms with E-state index in [1.165, 1.54) is 0 Å². The largest absolute Gasteiger partial charge is 0.351 e. The molecule has 2 rings (SSSR count). The molecule has 0 bridgehead atoms. The van der Waals surface area contributed by atoms with Crippen LogP contribution in [0, 0.1) is 6.92 Å². The van der Waals surface area contributed by atoms with Gasteiger partial charge in [0.25, 0.3) is 5.56 Å². The molecule has 16 heavy (non-hydrogen) atoms. The van der Waals surface area contributed by atoms with E-state index in [0.717, 1.165) is 25.5 Å². The van der Waals surface area contributed by atoms with Crippen molar-refractivity contribution >= 4 is 5.82 Å². The van der Waals surface area contributed by atoms with E-state index in [9.17, 15) is 4.79 Å². The van der Waals surface area contributed by atoms with Crippen molar-refractivity contribution in [3.05, 3.63) is 22.2 Å². The molecule has 5 heteroatoms. The highest BCUT2D eigenvalue weighted by atomic mass is 16.1. The lowest BCUT2D eigenvalue weighted by Crippen LogP contribution is -2.51. The molecule has 1 aromatic heterocycles. The van der Waals surface area contributed by atoms with Gasteiger partial charge in [0.1, 0.15) is 11.6 Å². The van der Waals surface area contributed by atoms with Crippen LogP contribution in [0.3, 0.4) is 0 Å². The molecule has 0 aliphatic carbocycles. The van der Waals surface area contributed by atoms with Gasteiger partial charge in [0.15, 0.2) is 0 Å². The molecule has 1 fully saturated rings. The number of aryl methyl sites for hydroxylation is 1. The standard InChI is InChI=1S/C11H18N4O/c1-8-7-14(3)4-5-15(8)10-6-11(16)13-9(2)12-10/h6,8H,4-5,7H2,1-3H3,(H,12,13,16). The van der Waals surface area contributed by atoms with Gasteiger partial charge in [-0.2, -0.15) is 0 Å². The first kappa shape index (κ1) is 11.1. The fraction of sp³-hybridized carbons (Fsp3) is 0.636. The molecule has 5 nitrogen and oxygen atoms in total. The number of piperazine rings is 1. The molecule has 1 N–H and O–H groups in total. The summed E-state index contributed by atoms with van der Waals surface area (Å²) in [5, 5.41) is 0. The van der Waals surface area contributed by atoms with E-state index in [1.807, 2.05) is 6.92 Å². The average Bonchev–Trinajstić information content (AvgIpc) is 2.15. The molecular formula is C11H18N4O. The van der Waals surface area contributed by atoms with E-state index < -0.39 is 0 Å². The Labute approximate surface area is 95.1 Å². The number of aromatic nitrogens is 2. The monoisotopic (exact) mass is 222 g/mol. The summed E-state index contributed by atoms with van der Waals surface area (Å²) >= 11 is 0. The van der Waals surface area contributed by atoms with E-state index in [-0.39, 0.29) is 5.56 Å². The van der Waals surface area contributed by atoms with Crippen molar-refractivity contribution in [2.75, 3.05) is 31.6 Å². The van der Waals surface area contributed by atoms with Gasteiger partial charge in [-0.15, -0.1) is 0 Å². The highest BCUT2D eigenvalue weighted by Gasteiger charge is 2.22. The van der Waals surface area contributed by atoms with Crippen LogP contribution < -0.4 is 10.5 Å². The predicted molar refractivity (Wildman–Crippen MR) is 63.9 cm³/mol. The maximum absolute atomic E-state index is 11.4. The van der Waals surface area contributed by atoms with Crippen molar-refractivity contribution in [1.82, 2.24) is 14.9 Å². The third-order valence-corrected chi connectivity index (χ3v) is 2.97. The summed E-state index contributed by atoms with van der Waals surface area (Å²) in [4.78, 5) is 22.9. The molecule has 1 unspecified atom stereocenters. The third-order valence-electron chi connectivity index (χ3n) is 2.97. The zero-order chi connectivity index (χ0) is 11.7. The summed E-state index contributed by atoms with van der Waals surface area (Å²) in [6.07, 6.45) is 0. The molecule has 2 heterocycles. The molecule has 1 atom stereocenters. The predicted octanol–water partition coefficient (Wildman–Crippen LogP) is 0.219. The number of H-pyrrole nitrogens is 1. The Kier molecular flexibility index (Phi) is 2.96. The molecule has 0 radical (unpaired) electrons. The Hall–Kier alpha value is -1.36. The van der Waals surface area contributed by atoms with Crippen LogP contribution in [-0.4, -0.2) is 47.6 Å². The molecular weight excluding hydrogens is 204 g/mol. The van der Waals surface area contributed by atoms with Crippen LogP contribution in [0.15, 0.2) is 10.9 Å².